The molecule has 0 unspecified atom stereocenters. The fourth-order valence-electron chi connectivity index (χ4n) is 2.20. The number of aromatic amines is 1. The number of aryl methyl sites for hydroxylation is 1. The maximum absolute atomic E-state index is 4.08. The molecule has 18 heavy (non-hydrogen) atoms. The molecule has 4 nitrogen and oxygen atoms in total. The summed E-state index contributed by atoms with van der Waals surface area (Å²) in [7, 11) is 0. The molecule has 3 rings (SSSR count). The first-order valence-electron chi connectivity index (χ1n) is 6.05. The molecule has 0 amide bonds. The van der Waals surface area contributed by atoms with Crippen molar-refractivity contribution in [2.75, 3.05) is 0 Å². The zero-order valence-electron chi connectivity index (χ0n) is 10.2. The summed E-state index contributed by atoms with van der Waals surface area (Å²) in [5.41, 5.74) is 4.87. The lowest BCUT2D eigenvalue weighted by atomic mass is 9.91. The highest BCUT2D eigenvalue weighted by molar-refractivity contribution is 5.94. The van der Waals surface area contributed by atoms with Gasteiger partial charge in [0.15, 0.2) is 0 Å². The van der Waals surface area contributed by atoms with Crippen LogP contribution in [0.1, 0.15) is 29.8 Å². The molecule has 90 valence electrons. The second-order valence-electron chi connectivity index (χ2n) is 4.43. The molecule has 1 heterocycles. The van der Waals surface area contributed by atoms with Crippen LogP contribution in [0.15, 0.2) is 36.4 Å². The first kappa shape index (κ1) is 10.9. The molecule has 1 N–H and O–H groups in total. The van der Waals surface area contributed by atoms with Gasteiger partial charge in [0.05, 0.1) is 0 Å². The van der Waals surface area contributed by atoms with Crippen molar-refractivity contribution in [3.63, 3.8) is 0 Å². The number of tetrazole rings is 1. The van der Waals surface area contributed by atoms with Crippen LogP contribution < -0.4 is 0 Å². The molecular formula is C14H14N4. The zero-order valence-corrected chi connectivity index (χ0v) is 10.2. The quantitative estimate of drug-likeness (QED) is 0.875. The number of rotatable bonds is 2. The maximum atomic E-state index is 4.08. The van der Waals surface area contributed by atoms with E-state index in [2.05, 4.69) is 64.0 Å². The van der Waals surface area contributed by atoms with Crippen LogP contribution in [0.2, 0.25) is 0 Å². The van der Waals surface area contributed by atoms with Crippen molar-refractivity contribution in [1.29, 1.82) is 0 Å². The number of hydrogen-bond acceptors (Lipinski definition) is 3. The molecule has 1 aliphatic carbocycles. The third-order valence-electron chi connectivity index (χ3n) is 3.16. The van der Waals surface area contributed by atoms with Crippen molar-refractivity contribution in [2.45, 2.75) is 19.8 Å². The molecule has 1 aromatic carbocycles. The smallest absolute Gasteiger partial charge is 0.177 e. The van der Waals surface area contributed by atoms with Crippen molar-refractivity contribution in [3.05, 3.63) is 53.4 Å². The fourth-order valence-corrected chi connectivity index (χ4v) is 2.20. The van der Waals surface area contributed by atoms with Gasteiger partial charge in [-0.25, -0.2) is 0 Å². The van der Waals surface area contributed by atoms with Crippen LogP contribution in [0.25, 0.3) is 11.1 Å². The predicted octanol–water partition coefficient (Wildman–Crippen LogP) is 2.77. The number of nitrogens with zero attached hydrogens (tertiary/aromatic N) is 3. The van der Waals surface area contributed by atoms with Crippen LogP contribution in [0.4, 0.5) is 0 Å². The van der Waals surface area contributed by atoms with E-state index < -0.39 is 0 Å². The van der Waals surface area contributed by atoms with Crippen LogP contribution in [0.3, 0.4) is 0 Å². The minimum atomic E-state index is 0.668. The normalized spacial score (nSPS) is 15.2. The SMILES string of the molecule is Cc1ccc(C2=C(c3nn[nH]n3)C=CCC2)cc1. The number of allylic oxidation sites excluding steroid dienone is 4. The minimum absolute atomic E-state index is 0.668. The van der Waals surface area contributed by atoms with E-state index in [0.29, 0.717) is 5.82 Å². The Labute approximate surface area is 105 Å². The van der Waals surface area contributed by atoms with Crippen LogP contribution in [0, 0.1) is 6.92 Å². The molecule has 0 fully saturated rings. The third kappa shape index (κ3) is 1.97. The van der Waals surface area contributed by atoms with Gasteiger partial charge in [0.25, 0.3) is 0 Å². The summed E-state index contributed by atoms with van der Waals surface area (Å²) in [5, 5.41) is 14.3. The van der Waals surface area contributed by atoms with E-state index >= 15 is 0 Å². The second kappa shape index (κ2) is 4.56. The Morgan fingerprint density at radius 1 is 1.17 bits per heavy atom. The lowest BCUT2D eigenvalue weighted by Gasteiger charge is -2.14. The van der Waals surface area contributed by atoms with Crippen molar-refractivity contribution in [2.24, 2.45) is 0 Å². The Kier molecular flexibility index (Phi) is 2.76. The standard InChI is InChI=1S/C14H14N4/c1-10-6-8-11(9-7-10)12-4-2-3-5-13(12)14-15-17-18-16-14/h3,5-9H,2,4H2,1H3,(H,15,16,17,18). The summed E-state index contributed by atoms with van der Waals surface area (Å²) < 4.78 is 0. The molecule has 0 spiro atoms. The van der Waals surface area contributed by atoms with Gasteiger partial charge >= 0.3 is 0 Å². The molecule has 1 aromatic heterocycles. The van der Waals surface area contributed by atoms with Crippen LogP contribution in [0.5, 0.6) is 0 Å². The Balaban J connectivity index is 2.11. The second-order valence-corrected chi connectivity index (χ2v) is 4.43. The number of hydrogen-bond donors (Lipinski definition) is 1. The van der Waals surface area contributed by atoms with E-state index in [1.807, 2.05) is 0 Å². The highest BCUT2D eigenvalue weighted by Crippen LogP contribution is 2.32. The summed E-state index contributed by atoms with van der Waals surface area (Å²) in [6.07, 6.45) is 6.32. The van der Waals surface area contributed by atoms with Gasteiger partial charge in [-0.15, -0.1) is 10.2 Å². The van der Waals surface area contributed by atoms with E-state index in [9.17, 15) is 0 Å². The van der Waals surface area contributed by atoms with Crippen molar-refractivity contribution < 1.29 is 0 Å². The summed E-state index contributed by atoms with van der Waals surface area (Å²) in [4.78, 5) is 0. The molecule has 0 saturated heterocycles. The summed E-state index contributed by atoms with van der Waals surface area (Å²) in [5.74, 6) is 0.668. The minimum Gasteiger partial charge on any atom is -0.177 e. The Bertz CT molecular complexity index is 591. The van der Waals surface area contributed by atoms with Crippen molar-refractivity contribution >= 4 is 11.1 Å². The van der Waals surface area contributed by atoms with E-state index in [1.54, 1.807) is 0 Å². The van der Waals surface area contributed by atoms with Gasteiger partial charge in [-0.3, -0.25) is 0 Å². The lowest BCUT2D eigenvalue weighted by Crippen LogP contribution is -1.97. The van der Waals surface area contributed by atoms with Gasteiger partial charge in [-0.05, 0) is 36.1 Å². The Hall–Kier alpha value is -2.23. The third-order valence-corrected chi connectivity index (χ3v) is 3.16. The average molecular weight is 238 g/mol. The molecular weight excluding hydrogens is 224 g/mol. The van der Waals surface area contributed by atoms with Crippen LogP contribution >= 0.6 is 0 Å². The molecule has 2 aromatic rings. The van der Waals surface area contributed by atoms with E-state index in [4.69, 9.17) is 0 Å². The number of nitrogens with one attached hydrogen (secondary N) is 1. The summed E-state index contributed by atoms with van der Waals surface area (Å²) >= 11 is 0. The molecule has 0 aliphatic heterocycles. The zero-order chi connectivity index (χ0) is 12.4. The van der Waals surface area contributed by atoms with Gasteiger partial charge in [0.2, 0.25) is 5.82 Å². The molecule has 0 atom stereocenters. The first-order valence-corrected chi connectivity index (χ1v) is 6.05. The first-order chi connectivity index (χ1) is 8.84. The van der Waals surface area contributed by atoms with Gasteiger partial charge in [0, 0.05) is 5.57 Å². The van der Waals surface area contributed by atoms with Crippen LogP contribution in [-0.2, 0) is 0 Å². The van der Waals surface area contributed by atoms with Crippen molar-refractivity contribution in [3.8, 4) is 0 Å². The molecule has 0 saturated carbocycles. The average Bonchev–Trinajstić information content (AvgIpc) is 2.93. The predicted molar refractivity (Wildman–Crippen MR) is 70.5 cm³/mol. The molecule has 0 radical (unpaired) electrons. The van der Waals surface area contributed by atoms with E-state index in [1.165, 1.54) is 16.7 Å². The van der Waals surface area contributed by atoms with Gasteiger partial charge in [-0.1, -0.05) is 42.0 Å². The van der Waals surface area contributed by atoms with E-state index in [0.717, 1.165) is 18.4 Å². The number of aromatic nitrogens is 4. The van der Waals surface area contributed by atoms with Gasteiger partial charge in [0.1, 0.15) is 0 Å². The van der Waals surface area contributed by atoms with Gasteiger partial charge < -0.3 is 0 Å². The van der Waals surface area contributed by atoms with Crippen molar-refractivity contribution in [1.82, 2.24) is 20.6 Å². The Morgan fingerprint density at radius 3 is 2.72 bits per heavy atom. The summed E-state index contributed by atoms with van der Waals surface area (Å²) in [6, 6.07) is 8.58. The lowest BCUT2D eigenvalue weighted by molar-refractivity contribution is 0.881. The number of H-pyrrole nitrogens is 1. The van der Waals surface area contributed by atoms with E-state index in [-0.39, 0.29) is 0 Å². The summed E-state index contributed by atoms with van der Waals surface area (Å²) in [6.45, 7) is 2.10. The highest BCUT2D eigenvalue weighted by Gasteiger charge is 2.15. The maximum Gasteiger partial charge on any atom is 0.204 e. The number of benzene rings is 1. The highest BCUT2D eigenvalue weighted by atomic mass is 15.5. The van der Waals surface area contributed by atoms with Gasteiger partial charge in [-0.2, -0.15) is 5.21 Å². The fraction of sp³-hybridized carbons (Fsp3) is 0.214. The largest absolute Gasteiger partial charge is 0.204 e. The monoisotopic (exact) mass is 238 g/mol. The molecule has 1 aliphatic rings. The van der Waals surface area contributed by atoms with Crippen LogP contribution in [-0.4, -0.2) is 20.6 Å². The molecule has 0 bridgehead atoms. The Morgan fingerprint density at radius 2 is 2.00 bits per heavy atom. The topological polar surface area (TPSA) is 54.5 Å². The molecule has 4 heteroatoms.